The first-order valence-electron chi connectivity index (χ1n) is 9.66. The van der Waals surface area contributed by atoms with Crippen molar-refractivity contribution >= 4 is 28.2 Å². The van der Waals surface area contributed by atoms with E-state index >= 15 is 0 Å². The highest BCUT2D eigenvalue weighted by molar-refractivity contribution is 7.09. The highest BCUT2D eigenvalue weighted by Gasteiger charge is 2.28. The van der Waals surface area contributed by atoms with E-state index in [1.165, 1.54) is 18.5 Å². The van der Waals surface area contributed by atoms with Gasteiger partial charge in [-0.1, -0.05) is 18.2 Å². The summed E-state index contributed by atoms with van der Waals surface area (Å²) < 4.78 is 5.31. The van der Waals surface area contributed by atoms with Gasteiger partial charge in [-0.15, -0.1) is 11.3 Å². The van der Waals surface area contributed by atoms with Crippen LogP contribution in [0.15, 0.2) is 44.9 Å². The van der Waals surface area contributed by atoms with Crippen molar-refractivity contribution < 1.29 is 9.21 Å². The summed E-state index contributed by atoms with van der Waals surface area (Å²) in [6.07, 6.45) is 2.54. The second kappa shape index (κ2) is 7.14. The van der Waals surface area contributed by atoms with Crippen LogP contribution < -0.4 is 5.63 Å². The average Bonchev–Trinajstić information content (AvgIpc) is 3.47. The van der Waals surface area contributed by atoms with Crippen LogP contribution in [0.4, 0.5) is 0 Å². The number of benzene rings is 1. The average molecular weight is 395 g/mol. The third-order valence-corrected chi connectivity index (χ3v) is 6.31. The zero-order valence-electron chi connectivity index (χ0n) is 15.5. The lowest BCUT2D eigenvalue weighted by molar-refractivity contribution is 0.0624. The first-order chi connectivity index (χ1) is 13.7. The molecule has 6 nitrogen and oxygen atoms in total. The van der Waals surface area contributed by atoms with Gasteiger partial charge in [-0.25, -0.2) is 9.78 Å². The Hall–Kier alpha value is -2.51. The predicted octanol–water partition coefficient (Wildman–Crippen LogP) is 3.08. The summed E-state index contributed by atoms with van der Waals surface area (Å²) in [5.41, 5.74) is 1.29. The lowest BCUT2D eigenvalue weighted by atomic mass is 10.1. The standard InChI is InChI=1S/C21H21N3O3S/c25-20(16-11-15-3-1-2-4-18(15)27-21(16)26)24-9-7-23(8-10-24)12-19-22-17(13-28-19)14-5-6-14/h1-4,11,13-14H,5-10,12H2. The van der Waals surface area contributed by atoms with E-state index in [0.29, 0.717) is 24.6 Å². The maximum Gasteiger partial charge on any atom is 0.349 e. The van der Waals surface area contributed by atoms with Gasteiger partial charge in [0.1, 0.15) is 16.2 Å². The molecule has 1 aromatic carbocycles. The Bertz CT molecular complexity index is 1080. The SMILES string of the molecule is O=C(c1cc2ccccc2oc1=O)N1CCN(Cc2nc(C3CC3)cs2)CC1. The molecule has 28 heavy (non-hydrogen) atoms. The van der Waals surface area contributed by atoms with Crippen molar-refractivity contribution in [3.05, 3.63) is 62.4 Å². The largest absolute Gasteiger partial charge is 0.422 e. The second-order valence-corrected chi connectivity index (χ2v) is 8.44. The first-order valence-corrected chi connectivity index (χ1v) is 10.5. The fourth-order valence-electron chi connectivity index (χ4n) is 3.65. The zero-order valence-corrected chi connectivity index (χ0v) is 16.3. The monoisotopic (exact) mass is 395 g/mol. The highest BCUT2D eigenvalue weighted by atomic mass is 32.1. The molecular weight excluding hydrogens is 374 g/mol. The Morgan fingerprint density at radius 3 is 2.75 bits per heavy atom. The zero-order chi connectivity index (χ0) is 19.1. The number of hydrogen-bond acceptors (Lipinski definition) is 6. The number of nitrogens with zero attached hydrogens (tertiary/aromatic N) is 3. The van der Waals surface area contributed by atoms with E-state index in [1.807, 2.05) is 18.2 Å². The molecule has 1 saturated heterocycles. The number of thiazole rings is 1. The van der Waals surface area contributed by atoms with Gasteiger partial charge in [-0.05, 0) is 25.0 Å². The maximum atomic E-state index is 12.9. The molecule has 0 unspecified atom stereocenters. The minimum Gasteiger partial charge on any atom is -0.422 e. The number of fused-ring (bicyclic) bond motifs is 1. The van der Waals surface area contributed by atoms with E-state index in [4.69, 9.17) is 9.40 Å². The summed E-state index contributed by atoms with van der Waals surface area (Å²) in [5, 5.41) is 4.10. The van der Waals surface area contributed by atoms with Crippen molar-refractivity contribution in [3.8, 4) is 0 Å². The van der Waals surface area contributed by atoms with Crippen molar-refractivity contribution in [2.45, 2.75) is 25.3 Å². The lowest BCUT2D eigenvalue weighted by Crippen LogP contribution is -2.49. The molecular formula is C21H21N3O3S. The van der Waals surface area contributed by atoms with Crippen LogP contribution in [0.25, 0.3) is 11.0 Å². The number of piperazine rings is 1. The molecule has 3 aromatic rings. The van der Waals surface area contributed by atoms with E-state index in [9.17, 15) is 9.59 Å². The maximum absolute atomic E-state index is 12.9. The van der Waals surface area contributed by atoms with Crippen LogP contribution in [0.2, 0.25) is 0 Å². The minimum absolute atomic E-state index is 0.112. The van der Waals surface area contributed by atoms with Crippen molar-refractivity contribution in [1.82, 2.24) is 14.8 Å². The van der Waals surface area contributed by atoms with E-state index in [2.05, 4.69) is 10.3 Å². The summed E-state index contributed by atoms with van der Waals surface area (Å²) in [5.74, 6) is 0.442. The van der Waals surface area contributed by atoms with Crippen LogP contribution in [0.5, 0.6) is 0 Å². The lowest BCUT2D eigenvalue weighted by Gasteiger charge is -2.34. The smallest absolute Gasteiger partial charge is 0.349 e. The van der Waals surface area contributed by atoms with Crippen molar-refractivity contribution in [2.24, 2.45) is 0 Å². The van der Waals surface area contributed by atoms with Gasteiger partial charge >= 0.3 is 5.63 Å². The molecule has 0 bridgehead atoms. The van der Waals surface area contributed by atoms with E-state index in [0.717, 1.165) is 30.0 Å². The Morgan fingerprint density at radius 2 is 1.96 bits per heavy atom. The Kier molecular flexibility index (Phi) is 4.49. The van der Waals surface area contributed by atoms with E-state index in [1.54, 1.807) is 28.4 Å². The fraction of sp³-hybridized carbons (Fsp3) is 0.381. The number of carbonyl (C=O) groups is 1. The molecule has 0 spiro atoms. The van der Waals surface area contributed by atoms with Crippen molar-refractivity contribution in [2.75, 3.05) is 26.2 Å². The number of para-hydroxylation sites is 1. The molecule has 2 aliphatic rings. The molecule has 0 atom stereocenters. The van der Waals surface area contributed by atoms with Gasteiger partial charge in [0.05, 0.1) is 12.2 Å². The number of aromatic nitrogens is 1. The summed E-state index contributed by atoms with van der Waals surface area (Å²) in [6.45, 7) is 3.60. The summed E-state index contributed by atoms with van der Waals surface area (Å²) in [6, 6.07) is 8.89. The molecule has 1 aliphatic carbocycles. The van der Waals surface area contributed by atoms with Crippen LogP contribution in [0.1, 0.15) is 39.8 Å². The van der Waals surface area contributed by atoms with Crippen LogP contribution in [0, 0.1) is 0 Å². The van der Waals surface area contributed by atoms with Gasteiger partial charge in [-0.3, -0.25) is 9.69 Å². The topological polar surface area (TPSA) is 66.7 Å². The highest BCUT2D eigenvalue weighted by Crippen LogP contribution is 2.40. The number of hydrogen-bond donors (Lipinski definition) is 0. The molecule has 2 fully saturated rings. The fourth-order valence-corrected chi connectivity index (χ4v) is 4.56. The molecule has 3 heterocycles. The van der Waals surface area contributed by atoms with Gasteiger partial charge in [0.25, 0.3) is 5.91 Å². The number of amides is 1. The van der Waals surface area contributed by atoms with Gasteiger partial charge in [0.2, 0.25) is 0 Å². The summed E-state index contributed by atoms with van der Waals surface area (Å²) >= 11 is 1.73. The van der Waals surface area contributed by atoms with E-state index in [-0.39, 0.29) is 11.5 Å². The molecule has 1 saturated carbocycles. The first kappa shape index (κ1) is 17.6. The van der Waals surface area contributed by atoms with Crippen LogP contribution in [0.3, 0.4) is 0 Å². The van der Waals surface area contributed by atoms with Gasteiger partial charge in [0.15, 0.2) is 0 Å². The molecule has 0 radical (unpaired) electrons. The third kappa shape index (κ3) is 3.47. The molecule has 0 N–H and O–H groups in total. The molecule has 1 aliphatic heterocycles. The second-order valence-electron chi connectivity index (χ2n) is 7.49. The Labute approximate surface area is 166 Å². The summed E-state index contributed by atoms with van der Waals surface area (Å²) in [4.78, 5) is 33.9. The van der Waals surface area contributed by atoms with Crippen LogP contribution >= 0.6 is 11.3 Å². The molecule has 1 amide bonds. The molecule has 2 aromatic heterocycles. The normalized spacial score (nSPS) is 17.9. The van der Waals surface area contributed by atoms with E-state index < -0.39 is 5.63 Å². The number of rotatable bonds is 4. The van der Waals surface area contributed by atoms with Gasteiger partial charge < -0.3 is 9.32 Å². The molecule has 5 rings (SSSR count). The Balaban J connectivity index is 1.24. The van der Waals surface area contributed by atoms with Gasteiger partial charge in [-0.2, -0.15) is 0 Å². The minimum atomic E-state index is -0.568. The van der Waals surface area contributed by atoms with Crippen molar-refractivity contribution in [3.63, 3.8) is 0 Å². The van der Waals surface area contributed by atoms with Crippen LogP contribution in [-0.4, -0.2) is 46.9 Å². The third-order valence-electron chi connectivity index (χ3n) is 5.46. The van der Waals surface area contributed by atoms with Gasteiger partial charge in [0, 0.05) is 42.9 Å². The number of carbonyl (C=O) groups excluding carboxylic acids is 1. The molecule has 7 heteroatoms. The summed E-state index contributed by atoms with van der Waals surface area (Å²) in [7, 11) is 0. The predicted molar refractivity (Wildman–Crippen MR) is 108 cm³/mol. The van der Waals surface area contributed by atoms with Crippen LogP contribution in [-0.2, 0) is 6.54 Å². The van der Waals surface area contributed by atoms with Crippen molar-refractivity contribution in [1.29, 1.82) is 0 Å². The molecule has 144 valence electrons. The Morgan fingerprint density at radius 1 is 1.18 bits per heavy atom. The quantitative estimate of drug-likeness (QED) is 0.635.